The predicted octanol–water partition coefficient (Wildman–Crippen LogP) is 3.04. The Morgan fingerprint density at radius 2 is 1.67 bits per heavy atom. The van der Waals surface area contributed by atoms with Crippen LogP contribution >= 0.6 is 0 Å². The molecule has 1 rings (SSSR count). The van der Waals surface area contributed by atoms with Crippen molar-refractivity contribution in [1.82, 2.24) is 0 Å². The van der Waals surface area contributed by atoms with Crippen LogP contribution in [0.15, 0.2) is 30.3 Å². The van der Waals surface area contributed by atoms with Crippen LogP contribution in [0.4, 0.5) is 5.69 Å². The van der Waals surface area contributed by atoms with Crippen molar-refractivity contribution in [3.05, 3.63) is 30.3 Å². The van der Waals surface area contributed by atoms with Crippen molar-refractivity contribution in [2.75, 3.05) is 4.90 Å². The Balaban J connectivity index is 2.93. The number of carbonyl (C=O) groups is 2. The number of benzene rings is 1. The van der Waals surface area contributed by atoms with Gasteiger partial charge in [-0.25, -0.2) is 0 Å². The summed E-state index contributed by atoms with van der Waals surface area (Å²) in [6.07, 6.45) is 0.300. The second-order valence-corrected chi connectivity index (χ2v) is 4.94. The summed E-state index contributed by atoms with van der Waals surface area (Å²) in [5, 5.41) is 0. The van der Waals surface area contributed by atoms with E-state index in [2.05, 4.69) is 0 Å². The highest BCUT2D eigenvalue weighted by Crippen LogP contribution is 2.20. The van der Waals surface area contributed by atoms with Gasteiger partial charge in [-0.1, -0.05) is 25.1 Å². The molecule has 0 aromatic heterocycles. The van der Waals surface area contributed by atoms with Gasteiger partial charge in [0.05, 0.1) is 0 Å². The van der Waals surface area contributed by atoms with Crippen molar-refractivity contribution in [2.24, 2.45) is 5.92 Å². The molecule has 1 unspecified atom stereocenters. The van der Waals surface area contributed by atoms with E-state index in [1.807, 2.05) is 51.1 Å². The molecule has 0 spiro atoms. The van der Waals surface area contributed by atoms with E-state index in [0.717, 1.165) is 5.69 Å². The second-order valence-electron chi connectivity index (χ2n) is 4.94. The molecule has 1 aromatic carbocycles. The van der Waals surface area contributed by atoms with Crippen LogP contribution in [0.1, 0.15) is 34.1 Å². The fraction of sp³-hybridized carbons (Fsp3) is 0.467. The lowest BCUT2D eigenvalue weighted by Gasteiger charge is -2.29. The highest BCUT2D eigenvalue weighted by atomic mass is 16.2. The molecule has 3 heteroatoms. The maximum absolute atomic E-state index is 12.4. The predicted molar refractivity (Wildman–Crippen MR) is 73.5 cm³/mol. The topological polar surface area (TPSA) is 37.4 Å². The zero-order valence-electron chi connectivity index (χ0n) is 11.5. The Bertz CT molecular complexity index is 412. The Morgan fingerprint density at radius 3 is 2.11 bits per heavy atom. The number of amides is 1. The molecule has 0 aliphatic heterocycles. The number of Topliss-reactive ketones (excluding diaryl/α,β-unsaturated/α-hetero) is 1. The number of rotatable bonds is 5. The second kappa shape index (κ2) is 6.34. The third-order valence-electron chi connectivity index (χ3n) is 2.80. The summed E-state index contributed by atoms with van der Waals surface area (Å²) >= 11 is 0. The molecule has 1 amide bonds. The van der Waals surface area contributed by atoms with Crippen LogP contribution in [0, 0.1) is 5.92 Å². The number of hydrogen-bond donors (Lipinski definition) is 0. The van der Waals surface area contributed by atoms with E-state index >= 15 is 0 Å². The molecule has 0 aliphatic rings. The molecule has 0 fully saturated rings. The fourth-order valence-electron chi connectivity index (χ4n) is 2.02. The number of hydrogen-bond acceptors (Lipinski definition) is 2. The zero-order chi connectivity index (χ0) is 13.7. The minimum Gasteiger partial charge on any atom is -0.310 e. The van der Waals surface area contributed by atoms with Gasteiger partial charge in [0.25, 0.3) is 0 Å². The highest BCUT2D eigenvalue weighted by molar-refractivity contribution is 5.97. The minimum absolute atomic E-state index is 0.00593. The number of nitrogens with zero attached hydrogens (tertiary/aromatic N) is 1. The largest absolute Gasteiger partial charge is 0.310 e. The van der Waals surface area contributed by atoms with Crippen molar-refractivity contribution < 1.29 is 9.59 Å². The summed E-state index contributed by atoms with van der Waals surface area (Å²) in [5.74, 6) is -0.218. The van der Waals surface area contributed by atoms with E-state index < -0.39 is 0 Å². The standard InChI is InChI=1S/C15H21NO2/c1-11(2)16(14-8-6-5-7-9-14)15(18)12(3)10-13(4)17/h5-9,11-12H,10H2,1-4H3. The van der Waals surface area contributed by atoms with Crippen molar-refractivity contribution in [2.45, 2.75) is 40.2 Å². The van der Waals surface area contributed by atoms with E-state index in [0.29, 0.717) is 6.42 Å². The van der Waals surface area contributed by atoms with Crippen LogP contribution in [0.3, 0.4) is 0 Å². The lowest BCUT2D eigenvalue weighted by molar-refractivity contribution is -0.126. The Morgan fingerprint density at radius 1 is 1.11 bits per heavy atom. The van der Waals surface area contributed by atoms with Gasteiger partial charge < -0.3 is 9.69 Å². The monoisotopic (exact) mass is 247 g/mol. The number of para-hydroxylation sites is 1. The van der Waals surface area contributed by atoms with E-state index in [4.69, 9.17) is 0 Å². The SMILES string of the molecule is CC(=O)CC(C)C(=O)N(c1ccccc1)C(C)C. The Kier molecular flexibility index (Phi) is 5.08. The molecule has 0 saturated carbocycles. The van der Waals surface area contributed by atoms with Crippen LogP contribution in [-0.4, -0.2) is 17.7 Å². The van der Waals surface area contributed by atoms with Crippen LogP contribution in [0.25, 0.3) is 0 Å². The summed E-state index contributed by atoms with van der Waals surface area (Å²) < 4.78 is 0. The van der Waals surface area contributed by atoms with Crippen molar-refractivity contribution in [3.8, 4) is 0 Å². The molecule has 0 N–H and O–H groups in total. The van der Waals surface area contributed by atoms with Gasteiger partial charge in [0.2, 0.25) is 5.91 Å². The maximum atomic E-state index is 12.4. The van der Waals surface area contributed by atoms with Crippen LogP contribution < -0.4 is 4.90 Å². The average molecular weight is 247 g/mol. The summed E-state index contributed by atoms with van der Waals surface area (Å²) in [4.78, 5) is 25.3. The van der Waals surface area contributed by atoms with Gasteiger partial charge in [-0.15, -0.1) is 0 Å². The van der Waals surface area contributed by atoms with Crippen LogP contribution in [-0.2, 0) is 9.59 Å². The Labute approximate surface area is 109 Å². The molecule has 3 nitrogen and oxygen atoms in total. The molecule has 98 valence electrons. The number of anilines is 1. The molecule has 1 aromatic rings. The summed E-state index contributed by atoms with van der Waals surface area (Å²) in [6.45, 7) is 7.28. The molecule has 0 saturated heterocycles. The van der Waals surface area contributed by atoms with Gasteiger partial charge in [-0.05, 0) is 32.9 Å². The van der Waals surface area contributed by atoms with Crippen molar-refractivity contribution >= 4 is 17.4 Å². The van der Waals surface area contributed by atoms with Gasteiger partial charge in [0.1, 0.15) is 5.78 Å². The third kappa shape index (κ3) is 3.69. The first kappa shape index (κ1) is 14.4. The van der Waals surface area contributed by atoms with Gasteiger partial charge >= 0.3 is 0 Å². The quantitative estimate of drug-likeness (QED) is 0.802. The lowest BCUT2D eigenvalue weighted by Crippen LogP contribution is -2.40. The third-order valence-corrected chi connectivity index (χ3v) is 2.80. The van der Waals surface area contributed by atoms with E-state index in [-0.39, 0.29) is 23.7 Å². The molecular formula is C15H21NO2. The van der Waals surface area contributed by atoms with Gasteiger partial charge in [0, 0.05) is 24.1 Å². The molecule has 1 atom stereocenters. The molecule has 18 heavy (non-hydrogen) atoms. The van der Waals surface area contributed by atoms with Gasteiger partial charge in [0.15, 0.2) is 0 Å². The minimum atomic E-state index is -0.273. The first-order chi connectivity index (χ1) is 8.43. The fourth-order valence-corrected chi connectivity index (χ4v) is 2.02. The summed E-state index contributed by atoms with van der Waals surface area (Å²) in [7, 11) is 0. The normalized spacial score (nSPS) is 12.3. The number of carbonyl (C=O) groups excluding carboxylic acids is 2. The van der Waals surface area contributed by atoms with E-state index in [9.17, 15) is 9.59 Å². The highest BCUT2D eigenvalue weighted by Gasteiger charge is 2.24. The smallest absolute Gasteiger partial charge is 0.230 e. The molecule has 0 bridgehead atoms. The average Bonchev–Trinajstić information content (AvgIpc) is 2.29. The van der Waals surface area contributed by atoms with E-state index in [1.54, 1.807) is 4.90 Å². The van der Waals surface area contributed by atoms with E-state index in [1.165, 1.54) is 6.92 Å². The molecular weight excluding hydrogens is 226 g/mol. The molecule has 0 radical (unpaired) electrons. The van der Waals surface area contributed by atoms with Crippen LogP contribution in [0.5, 0.6) is 0 Å². The number of ketones is 1. The van der Waals surface area contributed by atoms with Crippen molar-refractivity contribution in [3.63, 3.8) is 0 Å². The first-order valence-corrected chi connectivity index (χ1v) is 6.31. The summed E-state index contributed by atoms with van der Waals surface area (Å²) in [5.41, 5.74) is 0.882. The lowest BCUT2D eigenvalue weighted by atomic mass is 10.0. The summed E-state index contributed by atoms with van der Waals surface area (Å²) in [6, 6.07) is 9.65. The van der Waals surface area contributed by atoms with Gasteiger partial charge in [-0.3, -0.25) is 4.79 Å². The zero-order valence-corrected chi connectivity index (χ0v) is 11.5. The molecule has 0 heterocycles. The van der Waals surface area contributed by atoms with Crippen molar-refractivity contribution in [1.29, 1.82) is 0 Å². The maximum Gasteiger partial charge on any atom is 0.230 e. The van der Waals surface area contributed by atoms with Gasteiger partial charge in [-0.2, -0.15) is 0 Å². The van der Waals surface area contributed by atoms with Crippen LogP contribution in [0.2, 0.25) is 0 Å². The Hall–Kier alpha value is -1.64. The molecule has 0 aliphatic carbocycles. The first-order valence-electron chi connectivity index (χ1n) is 6.31.